The second-order valence-electron chi connectivity index (χ2n) is 3.26. The lowest BCUT2D eigenvalue weighted by Crippen LogP contribution is -2.24. The molecule has 0 aliphatic carbocycles. The molecule has 1 rings (SSSR count). The van der Waals surface area contributed by atoms with Crippen LogP contribution in [-0.4, -0.2) is 25.9 Å². The maximum Gasteiger partial charge on any atom is 0.211 e. The first-order valence-corrected chi connectivity index (χ1v) is 7.75. The lowest BCUT2D eigenvalue weighted by Gasteiger charge is -2.02. The van der Waals surface area contributed by atoms with Gasteiger partial charge in [0.1, 0.15) is 0 Å². The number of hydrogen-bond donors (Lipinski definition) is 2. The Morgan fingerprint density at radius 2 is 2.29 bits per heavy atom. The van der Waals surface area contributed by atoms with Crippen LogP contribution in [0, 0.1) is 11.8 Å². The van der Waals surface area contributed by atoms with Gasteiger partial charge in [-0.05, 0) is 18.4 Å². The Labute approximate surface area is 106 Å². The number of sulfonamides is 1. The number of nitrogens with one attached hydrogen (secondary N) is 1. The van der Waals surface area contributed by atoms with Crippen molar-refractivity contribution in [3.05, 3.63) is 21.9 Å². The molecule has 1 heterocycles. The van der Waals surface area contributed by atoms with E-state index in [2.05, 4.69) is 16.6 Å². The van der Waals surface area contributed by atoms with Gasteiger partial charge in [-0.3, -0.25) is 0 Å². The highest BCUT2D eigenvalue weighted by atomic mass is 32.2. The first-order valence-electron chi connectivity index (χ1n) is 5.22. The molecule has 0 aliphatic heterocycles. The molecule has 0 saturated heterocycles. The second kappa shape index (κ2) is 6.77. The van der Waals surface area contributed by atoms with Crippen molar-refractivity contribution in [3.8, 4) is 11.8 Å². The third-order valence-corrected chi connectivity index (χ3v) is 4.30. The van der Waals surface area contributed by atoms with Gasteiger partial charge < -0.3 is 5.11 Å². The van der Waals surface area contributed by atoms with Gasteiger partial charge in [0.2, 0.25) is 10.0 Å². The molecule has 6 heteroatoms. The first kappa shape index (κ1) is 14.2. The molecule has 17 heavy (non-hydrogen) atoms. The summed E-state index contributed by atoms with van der Waals surface area (Å²) < 4.78 is 25.1. The molecule has 0 spiro atoms. The molecule has 0 fully saturated rings. The number of aliphatic hydroxyl groups excluding tert-OH is 1. The van der Waals surface area contributed by atoms with Gasteiger partial charge in [-0.2, -0.15) is 0 Å². The maximum atomic E-state index is 11.3. The lowest BCUT2D eigenvalue weighted by atomic mass is 10.2. The first-order chi connectivity index (χ1) is 8.09. The molecule has 0 aliphatic rings. The highest BCUT2D eigenvalue weighted by Gasteiger charge is 2.08. The summed E-state index contributed by atoms with van der Waals surface area (Å²) in [6.07, 6.45) is 0.427. The van der Waals surface area contributed by atoms with E-state index in [0.717, 1.165) is 10.4 Å². The van der Waals surface area contributed by atoms with Gasteiger partial charge in [0.05, 0.1) is 12.4 Å². The lowest BCUT2D eigenvalue weighted by molar-refractivity contribution is 0.305. The maximum absolute atomic E-state index is 11.3. The summed E-state index contributed by atoms with van der Waals surface area (Å²) in [5, 5.41) is 10.5. The topological polar surface area (TPSA) is 66.4 Å². The van der Waals surface area contributed by atoms with Crippen LogP contribution in [0.3, 0.4) is 0 Å². The van der Waals surface area contributed by atoms with Crippen LogP contribution < -0.4 is 4.72 Å². The van der Waals surface area contributed by atoms with Gasteiger partial charge in [-0.25, -0.2) is 13.1 Å². The van der Waals surface area contributed by atoms with Gasteiger partial charge in [0, 0.05) is 23.4 Å². The van der Waals surface area contributed by atoms with E-state index >= 15 is 0 Å². The quantitative estimate of drug-likeness (QED) is 0.784. The minimum atomic E-state index is -3.17. The minimum absolute atomic E-state index is 0.0366. The summed E-state index contributed by atoms with van der Waals surface area (Å²) in [5.41, 5.74) is 0.822. The van der Waals surface area contributed by atoms with Crippen LogP contribution in [0.25, 0.3) is 0 Å². The van der Waals surface area contributed by atoms with Crippen LogP contribution >= 0.6 is 11.3 Å². The van der Waals surface area contributed by atoms with Crippen LogP contribution in [0.15, 0.2) is 11.4 Å². The summed E-state index contributed by atoms with van der Waals surface area (Å²) in [4.78, 5) is 0.896. The van der Waals surface area contributed by atoms with Crippen molar-refractivity contribution in [1.82, 2.24) is 4.72 Å². The van der Waals surface area contributed by atoms with Crippen LogP contribution in [0.4, 0.5) is 0 Å². The molecule has 0 radical (unpaired) electrons. The van der Waals surface area contributed by atoms with Gasteiger partial charge in [0.15, 0.2) is 0 Å². The van der Waals surface area contributed by atoms with E-state index in [1.54, 1.807) is 6.92 Å². The molecule has 0 unspecified atom stereocenters. The molecular weight excluding hydrogens is 258 g/mol. The van der Waals surface area contributed by atoms with Crippen LogP contribution in [-0.2, 0) is 16.6 Å². The predicted molar refractivity (Wildman–Crippen MR) is 69.2 cm³/mol. The van der Waals surface area contributed by atoms with Crippen molar-refractivity contribution < 1.29 is 13.5 Å². The van der Waals surface area contributed by atoms with Crippen molar-refractivity contribution >= 4 is 21.4 Å². The van der Waals surface area contributed by atoms with E-state index in [0.29, 0.717) is 6.42 Å². The molecule has 0 aromatic carbocycles. The Kier molecular flexibility index (Phi) is 5.65. The van der Waals surface area contributed by atoms with E-state index in [9.17, 15) is 8.42 Å². The van der Waals surface area contributed by atoms with Crippen molar-refractivity contribution in [2.75, 3.05) is 12.4 Å². The van der Waals surface area contributed by atoms with E-state index in [-0.39, 0.29) is 18.9 Å². The van der Waals surface area contributed by atoms with Crippen molar-refractivity contribution in [1.29, 1.82) is 0 Å². The minimum Gasteiger partial charge on any atom is -0.395 e. The largest absolute Gasteiger partial charge is 0.395 e. The van der Waals surface area contributed by atoms with E-state index < -0.39 is 10.0 Å². The summed E-state index contributed by atoms with van der Waals surface area (Å²) >= 11 is 1.47. The highest BCUT2D eigenvalue weighted by Crippen LogP contribution is 2.15. The zero-order chi connectivity index (χ0) is 12.7. The number of rotatable bonds is 5. The Morgan fingerprint density at radius 3 is 2.94 bits per heavy atom. The Morgan fingerprint density at radius 1 is 1.53 bits per heavy atom. The molecule has 0 bridgehead atoms. The normalized spacial score (nSPS) is 10.9. The standard InChI is InChI=1S/C11H15NO3S2/c1-2-17(14,15)12-9-11-10(6-8-16-11)5-3-4-7-13/h6,8,12-13H,2,4,7,9H2,1H3. The molecular formula is C11H15NO3S2. The number of thiophene rings is 1. The molecule has 2 N–H and O–H groups in total. The molecule has 0 saturated carbocycles. The molecule has 1 aromatic rings. The Hall–Kier alpha value is -0.870. The Balaban J connectivity index is 2.68. The number of hydrogen-bond acceptors (Lipinski definition) is 4. The fourth-order valence-electron chi connectivity index (χ4n) is 1.08. The summed E-state index contributed by atoms with van der Waals surface area (Å²) in [7, 11) is -3.17. The zero-order valence-electron chi connectivity index (χ0n) is 9.56. The molecule has 4 nitrogen and oxygen atoms in total. The average molecular weight is 273 g/mol. The van der Waals surface area contributed by atoms with Gasteiger partial charge in [0.25, 0.3) is 0 Å². The van der Waals surface area contributed by atoms with Gasteiger partial charge >= 0.3 is 0 Å². The fraction of sp³-hybridized carbons (Fsp3) is 0.455. The van der Waals surface area contributed by atoms with Gasteiger partial charge in [-0.1, -0.05) is 11.8 Å². The van der Waals surface area contributed by atoms with Crippen LogP contribution in [0.2, 0.25) is 0 Å². The summed E-state index contributed by atoms with van der Waals surface area (Å²) in [6, 6.07) is 1.85. The fourth-order valence-corrected chi connectivity index (χ4v) is 2.51. The van der Waals surface area contributed by atoms with Crippen molar-refractivity contribution in [3.63, 3.8) is 0 Å². The van der Waals surface area contributed by atoms with Crippen molar-refractivity contribution in [2.24, 2.45) is 0 Å². The molecule has 94 valence electrons. The Bertz CT molecular complexity index is 508. The monoisotopic (exact) mass is 273 g/mol. The average Bonchev–Trinajstić information content (AvgIpc) is 2.75. The molecule has 0 amide bonds. The summed E-state index contributed by atoms with van der Waals surface area (Å²) in [6.45, 7) is 1.91. The third-order valence-electron chi connectivity index (χ3n) is 2.04. The molecule has 0 atom stereocenters. The molecule has 1 aromatic heterocycles. The third kappa shape index (κ3) is 4.88. The second-order valence-corrected chi connectivity index (χ2v) is 6.35. The van der Waals surface area contributed by atoms with Crippen LogP contribution in [0.5, 0.6) is 0 Å². The smallest absolute Gasteiger partial charge is 0.211 e. The van der Waals surface area contributed by atoms with E-state index in [4.69, 9.17) is 5.11 Å². The van der Waals surface area contributed by atoms with Gasteiger partial charge in [-0.15, -0.1) is 11.3 Å². The zero-order valence-corrected chi connectivity index (χ0v) is 11.2. The van der Waals surface area contributed by atoms with E-state index in [1.165, 1.54) is 11.3 Å². The predicted octanol–water partition coefficient (Wildman–Crippen LogP) is 0.921. The summed E-state index contributed by atoms with van der Waals surface area (Å²) in [5.74, 6) is 5.81. The van der Waals surface area contributed by atoms with E-state index in [1.807, 2.05) is 11.4 Å². The SMILES string of the molecule is CCS(=O)(=O)NCc1sccc1C#CCCO. The number of aliphatic hydroxyl groups is 1. The van der Waals surface area contributed by atoms with Crippen LogP contribution in [0.1, 0.15) is 23.8 Å². The van der Waals surface area contributed by atoms with Crippen molar-refractivity contribution in [2.45, 2.75) is 19.9 Å². The highest BCUT2D eigenvalue weighted by molar-refractivity contribution is 7.89.